The molecule has 0 atom stereocenters. The van der Waals surface area contributed by atoms with Crippen LogP contribution in [-0.2, 0) is 16.0 Å². The van der Waals surface area contributed by atoms with E-state index in [2.05, 4.69) is 38.6 Å². The van der Waals surface area contributed by atoms with Gasteiger partial charge >= 0.3 is 5.97 Å². The molecule has 2 aromatic carbocycles. The molecule has 0 saturated carbocycles. The van der Waals surface area contributed by atoms with E-state index in [0.717, 1.165) is 23.1 Å². The topological polar surface area (TPSA) is 48.7 Å². The minimum atomic E-state index is -2.83. The summed E-state index contributed by atoms with van der Waals surface area (Å²) >= 11 is 0. The van der Waals surface area contributed by atoms with Crippen LogP contribution in [0.5, 0.6) is 5.75 Å². The van der Waals surface area contributed by atoms with E-state index >= 15 is 0 Å². The van der Waals surface area contributed by atoms with Crippen LogP contribution in [0, 0.1) is 6.92 Å². The van der Waals surface area contributed by atoms with Crippen molar-refractivity contribution in [1.29, 1.82) is 0 Å². The van der Waals surface area contributed by atoms with Crippen LogP contribution in [0.15, 0.2) is 59.0 Å². The summed E-state index contributed by atoms with van der Waals surface area (Å²) in [6, 6.07) is 14.1. The largest absolute Gasteiger partial charge is 0.493 e. The second kappa shape index (κ2) is 13.4. The van der Waals surface area contributed by atoms with Gasteiger partial charge in [-0.3, -0.25) is 0 Å². The van der Waals surface area contributed by atoms with E-state index in [9.17, 15) is 13.6 Å². The molecule has 0 radical (unpaired) electrons. The number of hydrogen-bond acceptors (Lipinski definition) is 4. The average molecular weight is 513 g/mol. The molecule has 0 bridgehead atoms. The number of fused-ring (bicyclic) bond motifs is 1. The van der Waals surface area contributed by atoms with Gasteiger partial charge in [-0.25, -0.2) is 13.6 Å². The van der Waals surface area contributed by atoms with Crippen LogP contribution in [0.1, 0.15) is 69.9 Å². The van der Waals surface area contributed by atoms with E-state index in [-0.39, 0.29) is 44.5 Å². The molecule has 0 aliphatic rings. The average Bonchev–Trinajstić information content (AvgIpc) is 3.27. The highest BCUT2D eigenvalue weighted by Crippen LogP contribution is 2.33. The lowest BCUT2D eigenvalue weighted by molar-refractivity contribution is -0.139. The standard InChI is InChI=1S/C31H38F2O4/c1-5-6-7-10-24-11-14-27(23(4)19-24)29-20-25-12-13-26(21-28(25)37-29)35-17-8-15-31(32,33)16-9-18-36-30(34)22(2)3/h11-14,19-21H,2,5-10,15-18H2,1,3-4H3. The van der Waals surface area contributed by atoms with E-state index in [1.165, 1.54) is 37.3 Å². The highest BCUT2D eigenvalue weighted by atomic mass is 19.3. The molecule has 200 valence electrons. The van der Waals surface area contributed by atoms with Crippen molar-refractivity contribution in [2.45, 2.75) is 78.1 Å². The first-order valence-electron chi connectivity index (χ1n) is 13.2. The molecule has 4 nitrogen and oxygen atoms in total. The number of carbonyl (C=O) groups excluding carboxylic acids is 1. The summed E-state index contributed by atoms with van der Waals surface area (Å²) in [5, 5.41) is 0.965. The summed E-state index contributed by atoms with van der Waals surface area (Å²) in [5.74, 6) is -1.99. The van der Waals surface area contributed by atoms with Crippen molar-refractivity contribution in [3.63, 3.8) is 0 Å². The molecule has 1 heterocycles. The van der Waals surface area contributed by atoms with Crippen LogP contribution in [0.2, 0.25) is 0 Å². The van der Waals surface area contributed by atoms with Gasteiger partial charge in [0, 0.05) is 35.4 Å². The van der Waals surface area contributed by atoms with Gasteiger partial charge in [0.25, 0.3) is 0 Å². The number of benzene rings is 2. The summed E-state index contributed by atoms with van der Waals surface area (Å²) in [6.45, 7) is 9.44. The van der Waals surface area contributed by atoms with Crippen LogP contribution >= 0.6 is 0 Å². The molecular weight excluding hydrogens is 474 g/mol. The predicted molar refractivity (Wildman–Crippen MR) is 144 cm³/mol. The van der Waals surface area contributed by atoms with Crippen molar-refractivity contribution >= 4 is 16.9 Å². The molecule has 0 fully saturated rings. The number of unbranched alkanes of at least 4 members (excludes halogenated alkanes) is 2. The Balaban J connectivity index is 1.49. The Bertz CT molecular complexity index is 1200. The van der Waals surface area contributed by atoms with Gasteiger partial charge in [0.1, 0.15) is 17.1 Å². The molecule has 0 aliphatic heterocycles. The lowest BCUT2D eigenvalue weighted by Gasteiger charge is -2.16. The fourth-order valence-electron chi connectivity index (χ4n) is 4.24. The molecule has 37 heavy (non-hydrogen) atoms. The highest BCUT2D eigenvalue weighted by Gasteiger charge is 2.27. The normalized spacial score (nSPS) is 11.6. The van der Waals surface area contributed by atoms with E-state index in [4.69, 9.17) is 13.9 Å². The van der Waals surface area contributed by atoms with E-state index in [1.54, 1.807) is 6.07 Å². The maximum Gasteiger partial charge on any atom is 0.333 e. The van der Waals surface area contributed by atoms with Crippen LogP contribution in [0.4, 0.5) is 8.78 Å². The molecule has 1 aromatic heterocycles. The van der Waals surface area contributed by atoms with Gasteiger partial charge in [-0.05, 0) is 68.9 Å². The zero-order valence-corrected chi connectivity index (χ0v) is 22.2. The summed E-state index contributed by atoms with van der Waals surface area (Å²) in [7, 11) is 0. The lowest BCUT2D eigenvalue weighted by atomic mass is 10.00. The molecule has 3 rings (SSSR count). The van der Waals surface area contributed by atoms with Gasteiger partial charge < -0.3 is 13.9 Å². The fraction of sp³-hybridized carbons (Fsp3) is 0.452. The van der Waals surface area contributed by atoms with Crippen molar-refractivity contribution in [3.05, 3.63) is 65.7 Å². The Morgan fingerprint density at radius 1 is 1.00 bits per heavy atom. The monoisotopic (exact) mass is 512 g/mol. The molecule has 0 aliphatic carbocycles. The summed E-state index contributed by atoms with van der Waals surface area (Å²) in [4.78, 5) is 11.3. The molecule has 0 N–H and O–H groups in total. The summed E-state index contributed by atoms with van der Waals surface area (Å²) < 4.78 is 44.9. The Kier molecular flexibility index (Phi) is 10.3. The summed E-state index contributed by atoms with van der Waals surface area (Å²) in [5.41, 5.74) is 4.55. The second-order valence-corrected chi connectivity index (χ2v) is 9.74. The SMILES string of the molecule is C=C(C)C(=O)OCCCC(F)(F)CCCOc1ccc2cc(-c3ccc(CCCCC)cc3C)oc2c1. The van der Waals surface area contributed by atoms with Gasteiger partial charge in [0.2, 0.25) is 5.92 Å². The van der Waals surface area contributed by atoms with Gasteiger partial charge in [-0.2, -0.15) is 0 Å². The number of rotatable bonds is 15. The number of alkyl halides is 2. The van der Waals surface area contributed by atoms with Gasteiger partial charge in [-0.1, -0.05) is 44.5 Å². The summed E-state index contributed by atoms with van der Waals surface area (Å²) in [6.07, 6.45) is 4.44. The fourth-order valence-corrected chi connectivity index (χ4v) is 4.24. The molecular formula is C31H38F2O4. The predicted octanol–water partition coefficient (Wildman–Crippen LogP) is 8.83. The van der Waals surface area contributed by atoms with Gasteiger partial charge in [0.15, 0.2) is 0 Å². The second-order valence-electron chi connectivity index (χ2n) is 9.74. The van der Waals surface area contributed by atoms with Crippen LogP contribution in [0.25, 0.3) is 22.3 Å². The maximum absolute atomic E-state index is 14.1. The van der Waals surface area contributed by atoms with Crippen LogP contribution in [0.3, 0.4) is 0 Å². The third-order valence-electron chi connectivity index (χ3n) is 6.34. The Labute approximate surface area is 218 Å². The number of furan rings is 1. The smallest absolute Gasteiger partial charge is 0.333 e. The molecule has 3 aromatic rings. The van der Waals surface area contributed by atoms with Crippen molar-refractivity contribution in [3.8, 4) is 17.1 Å². The minimum Gasteiger partial charge on any atom is -0.493 e. The Morgan fingerprint density at radius 3 is 2.46 bits per heavy atom. The number of carbonyl (C=O) groups is 1. The van der Waals surface area contributed by atoms with Gasteiger partial charge in [0.05, 0.1) is 13.2 Å². The molecule has 0 spiro atoms. The van der Waals surface area contributed by atoms with Gasteiger partial charge in [-0.15, -0.1) is 0 Å². The lowest BCUT2D eigenvalue weighted by Crippen LogP contribution is -2.18. The number of halogens is 2. The molecule has 0 unspecified atom stereocenters. The zero-order chi connectivity index (χ0) is 26.8. The number of aryl methyl sites for hydroxylation is 2. The number of hydrogen-bond donors (Lipinski definition) is 0. The third kappa shape index (κ3) is 8.73. The molecule has 0 saturated heterocycles. The molecule has 0 amide bonds. The maximum atomic E-state index is 14.1. The minimum absolute atomic E-state index is 0.0362. The number of ether oxygens (including phenoxy) is 2. The van der Waals surface area contributed by atoms with E-state index in [0.29, 0.717) is 11.3 Å². The van der Waals surface area contributed by atoms with Crippen LogP contribution in [-0.4, -0.2) is 25.1 Å². The van der Waals surface area contributed by atoms with Crippen molar-refractivity contribution in [2.24, 2.45) is 0 Å². The quantitative estimate of drug-likeness (QED) is 0.116. The Morgan fingerprint density at radius 2 is 1.76 bits per heavy atom. The first-order valence-corrected chi connectivity index (χ1v) is 13.2. The number of esters is 1. The zero-order valence-electron chi connectivity index (χ0n) is 22.2. The van der Waals surface area contributed by atoms with Crippen molar-refractivity contribution < 1.29 is 27.5 Å². The van der Waals surface area contributed by atoms with E-state index in [1.807, 2.05) is 18.2 Å². The molecule has 6 heteroatoms. The van der Waals surface area contributed by atoms with Crippen molar-refractivity contribution in [1.82, 2.24) is 0 Å². The first kappa shape index (κ1) is 28.4. The first-order chi connectivity index (χ1) is 17.7. The van der Waals surface area contributed by atoms with Crippen molar-refractivity contribution in [2.75, 3.05) is 13.2 Å². The van der Waals surface area contributed by atoms with Crippen LogP contribution < -0.4 is 4.74 Å². The Hall–Kier alpha value is -3.15. The highest BCUT2D eigenvalue weighted by molar-refractivity contribution is 5.87. The third-order valence-corrected chi connectivity index (χ3v) is 6.34. The van der Waals surface area contributed by atoms with E-state index < -0.39 is 11.9 Å².